The number of phenols is 1. The molecule has 7 heteroatoms. The molecule has 1 amide bonds. The second kappa shape index (κ2) is 7.92. The maximum atomic E-state index is 12.2. The number of benzene rings is 2. The van der Waals surface area contributed by atoms with Crippen molar-refractivity contribution in [1.29, 1.82) is 0 Å². The van der Waals surface area contributed by atoms with Gasteiger partial charge >= 0.3 is 0 Å². The van der Waals surface area contributed by atoms with Gasteiger partial charge in [-0.1, -0.05) is 65.4 Å². The van der Waals surface area contributed by atoms with E-state index < -0.39 is 0 Å². The van der Waals surface area contributed by atoms with Gasteiger partial charge < -0.3 is 10.4 Å². The Kier molecular flexibility index (Phi) is 5.42. The molecule has 0 saturated heterocycles. The molecule has 0 aliphatic rings. The van der Waals surface area contributed by atoms with Gasteiger partial charge in [0.15, 0.2) is 5.01 Å². The number of amides is 1. The largest absolute Gasteiger partial charge is 0.508 e. The van der Waals surface area contributed by atoms with E-state index in [2.05, 4.69) is 15.5 Å². The number of nitrogens with zero attached hydrogens (tertiary/aromatic N) is 2. The highest BCUT2D eigenvalue weighted by atomic mass is 35.5. The van der Waals surface area contributed by atoms with Crippen LogP contribution in [-0.4, -0.2) is 21.2 Å². The Hall–Kier alpha value is -2.70. The summed E-state index contributed by atoms with van der Waals surface area (Å²) in [6.45, 7) is 0.422. The lowest BCUT2D eigenvalue weighted by Crippen LogP contribution is -2.22. The fraction of sp³-hybridized carbons (Fsp3) is 0.0556. The first-order valence-electron chi connectivity index (χ1n) is 7.44. The Labute approximate surface area is 153 Å². The molecule has 0 fully saturated rings. The van der Waals surface area contributed by atoms with Crippen LogP contribution in [0.15, 0.2) is 54.6 Å². The lowest BCUT2D eigenvalue weighted by molar-refractivity contribution is 0.0950. The Bertz CT molecular complexity index is 892. The molecule has 3 aromatic rings. The van der Waals surface area contributed by atoms with Gasteiger partial charge in [-0.25, -0.2) is 0 Å². The first-order valence-corrected chi connectivity index (χ1v) is 8.63. The standard InChI is InChI=1S/C18H14ClN3O2S/c19-15(10-12-6-8-14(23)9-7-12)17-21-22-18(25-17)16(24)20-11-13-4-2-1-3-5-13/h1-10,23H,11H2,(H,20,24)/b15-10+. The summed E-state index contributed by atoms with van der Waals surface area (Å²) in [6, 6.07) is 16.2. The first kappa shape index (κ1) is 17.1. The molecule has 25 heavy (non-hydrogen) atoms. The minimum atomic E-state index is -0.290. The summed E-state index contributed by atoms with van der Waals surface area (Å²) >= 11 is 7.37. The average molecular weight is 372 g/mol. The molecule has 3 rings (SSSR count). The summed E-state index contributed by atoms with van der Waals surface area (Å²) in [5.74, 6) is -0.108. The molecule has 0 saturated carbocycles. The first-order chi connectivity index (χ1) is 12.1. The van der Waals surface area contributed by atoms with Gasteiger partial charge in [0.05, 0.1) is 5.03 Å². The second-order valence-corrected chi connectivity index (χ2v) is 6.55. The zero-order valence-electron chi connectivity index (χ0n) is 13.0. The molecule has 0 unspecified atom stereocenters. The van der Waals surface area contributed by atoms with E-state index in [0.29, 0.717) is 16.6 Å². The Balaban J connectivity index is 1.66. The predicted octanol–water partition coefficient (Wildman–Crippen LogP) is 3.91. The summed E-state index contributed by atoms with van der Waals surface area (Å²) in [5, 5.41) is 21.0. The molecule has 0 aliphatic heterocycles. The van der Waals surface area contributed by atoms with E-state index in [9.17, 15) is 9.90 Å². The Morgan fingerprint density at radius 2 is 1.76 bits per heavy atom. The van der Waals surface area contributed by atoms with Crippen LogP contribution >= 0.6 is 22.9 Å². The summed E-state index contributed by atoms with van der Waals surface area (Å²) in [7, 11) is 0. The number of phenolic OH excluding ortho intramolecular Hbond substituents is 1. The molecule has 5 nitrogen and oxygen atoms in total. The van der Waals surface area contributed by atoms with Crippen LogP contribution in [0.25, 0.3) is 11.1 Å². The number of carbonyl (C=O) groups excluding carboxylic acids is 1. The highest BCUT2D eigenvalue weighted by molar-refractivity contribution is 7.15. The van der Waals surface area contributed by atoms with Crippen molar-refractivity contribution in [3.05, 3.63) is 75.7 Å². The number of halogens is 1. The van der Waals surface area contributed by atoms with E-state index >= 15 is 0 Å². The van der Waals surface area contributed by atoms with Gasteiger partial charge in [0.1, 0.15) is 5.75 Å². The monoisotopic (exact) mass is 371 g/mol. The molecular weight excluding hydrogens is 358 g/mol. The van der Waals surface area contributed by atoms with Crippen molar-refractivity contribution >= 4 is 40.0 Å². The van der Waals surface area contributed by atoms with Gasteiger partial charge in [-0.3, -0.25) is 4.79 Å². The number of hydrogen-bond acceptors (Lipinski definition) is 5. The zero-order chi connectivity index (χ0) is 17.6. The molecule has 0 radical (unpaired) electrons. The van der Waals surface area contributed by atoms with Crippen molar-refractivity contribution in [2.24, 2.45) is 0 Å². The fourth-order valence-corrected chi connectivity index (χ4v) is 2.99. The lowest BCUT2D eigenvalue weighted by atomic mass is 10.2. The number of nitrogens with one attached hydrogen (secondary N) is 1. The summed E-state index contributed by atoms with van der Waals surface area (Å²) in [6.07, 6.45) is 1.70. The quantitative estimate of drug-likeness (QED) is 0.713. The van der Waals surface area contributed by atoms with Gasteiger partial charge in [0.25, 0.3) is 5.91 Å². The molecule has 0 aliphatic carbocycles. The molecule has 1 aromatic heterocycles. The lowest BCUT2D eigenvalue weighted by Gasteiger charge is -2.02. The van der Waals surface area contributed by atoms with Crippen LogP contribution in [0.2, 0.25) is 0 Å². The highest BCUT2D eigenvalue weighted by Gasteiger charge is 2.14. The van der Waals surface area contributed by atoms with Crippen LogP contribution in [0, 0.1) is 0 Å². The van der Waals surface area contributed by atoms with Gasteiger partial charge in [-0.05, 0) is 29.3 Å². The predicted molar refractivity (Wildman–Crippen MR) is 99.4 cm³/mol. The Morgan fingerprint density at radius 1 is 1.08 bits per heavy atom. The van der Waals surface area contributed by atoms with Crippen molar-refractivity contribution in [2.75, 3.05) is 0 Å². The molecule has 0 spiro atoms. The SMILES string of the molecule is O=C(NCc1ccccc1)c1nnc(/C(Cl)=C\c2ccc(O)cc2)s1. The third-order valence-electron chi connectivity index (χ3n) is 3.31. The van der Waals surface area contributed by atoms with Crippen LogP contribution in [0.4, 0.5) is 0 Å². The van der Waals surface area contributed by atoms with Crippen LogP contribution in [-0.2, 0) is 6.54 Å². The smallest absolute Gasteiger partial charge is 0.282 e. The maximum Gasteiger partial charge on any atom is 0.282 e. The van der Waals surface area contributed by atoms with E-state index in [1.54, 1.807) is 30.3 Å². The van der Waals surface area contributed by atoms with Gasteiger partial charge in [0, 0.05) is 6.54 Å². The zero-order valence-corrected chi connectivity index (χ0v) is 14.6. The Morgan fingerprint density at radius 3 is 2.48 bits per heavy atom. The van der Waals surface area contributed by atoms with E-state index in [1.807, 2.05) is 30.3 Å². The number of rotatable bonds is 5. The topological polar surface area (TPSA) is 75.1 Å². The van der Waals surface area contributed by atoms with Crippen molar-refractivity contribution in [1.82, 2.24) is 15.5 Å². The van der Waals surface area contributed by atoms with Crippen LogP contribution in [0.3, 0.4) is 0 Å². The fourth-order valence-electron chi connectivity index (χ4n) is 2.04. The molecule has 2 N–H and O–H groups in total. The molecule has 1 heterocycles. The summed E-state index contributed by atoms with van der Waals surface area (Å²) < 4.78 is 0. The molecule has 126 valence electrons. The van der Waals surface area contributed by atoms with Crippen LogP contribution in [0.1, 0.15) is 25.9 Å². The second-order valence-electron chi connectivity index (χ2n) is 5.16. The number of hydrogen-bond donors (Lipinski definition) is 2. The molecule has 2 aromatic carbocycles. The summed E-state index contributed by atoms with van der Waals surface area (Å²) in [5.41, 5.74) is 1.82. The normalized spacial score (nSPS) is 11.3. The van der Waals surface area contributed by atoms with Crippen molar-refractivity contribution in [3.8, 4) is 5.75 Å². The minimum absolute atomic E-state index is 0.182. The van der Waals surface area contributed by atoms with Gasteiger partial charge in [-0.2, -0.15) is 0 Å². The summed E-state index contributed by atoms with van der Waals surface area (Å²) in [4.78, 5) is 12.2. The molecule has 0 bridgehead atoms. The maximum absolute atomic E-state index is 12.2. The van der Waals surface area contributed by atoms with Crippen LogP contribution < -0.4 is 5.32 Å². The molecular formula is C18H14ClN3O2S. The third-order valence-corrected chi connectivity index (χ3v) is 4.66. The number of aromatic hydroxyl groups is 1. The average Bonchev–Trinajstić information content (AvgIpc) is 3.13. The van der Waals surface area contributed by atoms with Gasteiger partial charge in [-0.15, -0.1) is 10.2 Å². The highest BCUT2D eigenvalue weighted by Crippen LogP contribution is 2.25. The van der Waals surface area contributed by atoms with E-state index in [4.69, 9.17) is 11.6 Å². The minimum Gasteiger partial charge on any atom is -0.508 e. The van der Waals surface area contributed by atoms with Crippen molar-refractivity contribution in [2.45, 2.75) is 6.54 Å². The van der Waals surface area contributed by atoms with E-state index in [0.717, 1.165) is 22.5 Å². The van der Waals surface area contributed by atoms with E-state index in [1.165, 1.54) is 0 Å². The van der Waals surface area contributed by atoms with Crippen molar-refractivity contribution in [3.63, 3.8) is 0 Å². The van der Waals surface area contributed by atoms with Crippen molar-refractivity contribution < 1.29 is 9.90 Å². The van der Waals surface area contributed by atoms with E-state index in [-0.39, 0.29) is 16.7 Å². The number of carbonyl (C=O) groups is 1. The molecule has 0 atom stereocenters. The third kappa shape index (κ3) is 4.65. The van der Waals surface area contributed by atoms with Gasteiger partial charge in [0.2, 0.25) is 5.01 Å². The van der Waals surface area contributed by atoms with Crippen LogP contribution in [0.5, 0.6) is 5.75 Å². The number of aromatic nitrogens is 2.